The predicted octanol–water partition coefficient (Wildman–Crippen LogP) is 1.79. The van der Waals surface area contributed by atoms with Crippen LogP contribution in [0.5, 0.6) is 5.75 Å². The van der Waals surface area contributed by atoms with Crippen molar-refractivity contribution in [3.8, 4) is 5.75 Å². The predicted molar refractivity (Wildman–Crippen MR) is 67.2 cm³/mol. The maximum Gasteiger partial charge on any atom is 0.142 e. The zero-order chi connectivity index (χ0) is 11.7. The van der Waals surface area contributed by atoms with E-state index in [1.807, 2.05) is 13.0 Å². The lowest BCUT2D eigenvalue weighted by molar-refractivity contribution is 0.340. The molecule has 1 aromatic carbocycles. The normalized spacial score (nSPS) is 20.8. The number of hydrogen-bond donors (Lipinski definition) is 1. The number of rotatable bonds is 3. The van der Waals surface area contributed by atoms with Crippen molar-refractivity contribution >= 4 is 5.69 Å². The first kappa shape index (κ1) is 11.3. The maximum atomic E-state index is 6.01. The molecule has 1 heterocycles. The highest BCUT2D eigenvalue weighted by molar-refractivity contribution is 5.68. The van der Waals surface area contributed by atoms with Crippen LogP contribution in [0.2, 0.25) is 0 Å². The van der Waals surface area contributed by atoms with Gasteiger partial charge in [0.05, 0.1) is 12.3 Å². The first-order valence-electron chi connectivity index (χ1n) is 5.88. The van der Waals surface area contributed by atoms with Crippen molar-refractivity contribution in [3.63, 3.8) is 0 Å². The van der Waals surface area contributed by atoms with Crippen molar-refractivity contribution in [2.45, 2.75) is 32.4 Å². The Kier molecular flexibility index (Phi) is 3.06. The van der Waals surface area contributed by atoms with Gasteiger partial charge in [-0.2, -0.15) is 0 Å². The molecule has 0 aromatic heterocycles. The van der Waals surface area contributed by atoms with Crippen LogP contribution in [0.1, 0.15) is 19.4 Å². The average Bonchev–Trinajstić information content (AvgIpc) is 2.58. The Morgan fingerprint density at radius 2 is 2.31 bits per heavy atom. The van der Waals surface area contributed by atoms with Crippen LogP contribution in [-0.4, -0.2) is 25.7 Å². The number of likely N-dealkylation sites (N-methyl/N-ethyl adjacent to an activating group) is 1. The number of hydrogen-bond acceptors (Lipinski definition) is 3. The Morgan fingerprint density at radius 1 is 1.56 bits per heavy atom. The van der Waals surface area contributed by atoms with Crippen LogP contribution in [0, 0.1) is 0 Å². The Balaban J connectivity index is 2.36. The molecule has 0 saturated heterocycles. The molecular formula is C13H20N2O. The van der Waals surface area contributed by atoms with Crippen LogP contribution in [0.15, 0.2) is 18.2 Å². The summed E-state index contributed by atoms with van der Waals surface area (Å²) in [5.74, 6) is 0.977. The molecule has 2 atom stereocenters. The molecule has 3 nitrogen and oxygen atoms in total. The minimum Gasteiger partial charge on any atom is -0.492 e. The van der Waals surface area contributed by atoms with Crippen LogP contribution in [0.4, 0.5) is 5.69 Å². The van der Waals surface area contributed by atoms with E-state index in [2.05, 4.69) is 31.0 Å². The minimum atomic E-state index is 0.173. The molecule has 2 unspecified atom stereocenters. The van der Waals surface area contributed by atoms with Gasteiger partial charge >= 0.3 is 0 Å². The minimum absolute atomic E-state index is 0.173. The van der Waals surface area contributed by atoms with Crippen LogP contribution < -0.4 is 15.4 Å². The summed E-state index contributed by atoms with van der Waals surface area (Å²) in [7, 11) is 2.10. The summed E-state index contributed by atoms with van der Waals surface area (Å²) in [5.41, 5.74) is 8.57. The van der Waals surface area contributed by atoms with Gasteiger partial charge in [-0.15, -0.1) is 0 Å². The summed E-state index contributed by atoms with van der Waals surface area (Å²) < 4.78 is 5.66. The van der Waals surface area contributed by atoms with Gasteiger partial charge in [0.2, 0.25) is 0 Å². The fraction of sp³-hybridized carbons (Fsp3) is 0.538. The molecule has 0 spiro atoms. The summed E-state index contributed by atoms with van der Waals surface area (Å²) in [5, 5.41) is 0. The van der Waals surface area contributed by atoms with Crippen molar-refractivity contribution in [1.82, 2.24) is 0 Å². The Labute approximate surface area is 97.2 Å². The van der Waals surface area contributed by atoms with Gasteiger partial charge in [-0.3, -0.25) is 0 Å². The molecule has 3 heteroatoms. The lowest BCUT2D eigenvalue weighted by Gasteiger charge is -2.26. The highest BCUT2D eigenvalue weighted by Gasteiger charge is 2.31. The van der Waals surface area contributed by atoms with E-state index in [4.69, 9.17) is 10.5 Å². The zero-order valence-electron chi connectivity index (χ0n) is 10.2. The fourth-order valence-electron chi connectivity index (χ4n) is 2.47. The number of nitrogens with zero attached hydrogens (tertiary/aromatic N) is 1. The third-order valence-electron chi connectivity index (χ3n) is 3.27. The molecule has 16 heavy (non-hydrogen) atoms. The van der Waals surface area contributed by atoms with Crippen LogP contribution in [0.25, 0.3) is 0 Å². The summed E-state index contributed by atoms with van der Waals surface area (Å²) in [6.45, 7) is 4.78. The topological polar surface area (TPSA) is 38.5 Å². The average molecular weight is 220 g/mol. The zero-order valence-corrected chi connectivity index (χ0v) is 10.2. The number of para-hydroxylation sites is 1. The Bertz CT molecular complexity index is 376. The third-order valence-corrected chi connectivity index (χ3v) is 3.27. The van der Waals surface area contributed by atoms with Gasteiger partial charge in [0, 0.05) is 19.1 Å². The third kappa shape index (κ3) is 1.76. The second-order valence-corrected chi connectivity index (χ2v) is 4.44. The standard InChI is InChI=1S/C13H20N2O/c1-4-16-12-7-5-6-10-8-11(9(2)14)15(3)13(10)12/h5-7,9,11H,4,8,14H2,1-3H3. The molecule has 0 bridgehead atoms. The number of benzene rings is 1. The molecule has 2 N–H and O–H groups in total. The van der Waals surface area contributed by atoms with E-state index < -0.39 is 0 Å². The first-order valence-corrected chi connectivity index (χ1v) is 5.88. The van der Waals surface area contributed by atoms with E-state index in [1.165, 1.54) is 11.3 Å². The van der Waals surface area contributed by atoms with Crippen molar-refractivity contribution in [2.24, 2.45) is 5.73 Å². The highest BCUT2D eigenvalue weighted by Crippen LogP contribution is 2.39. The Morgan fingerprint density at radius 3 is 2.94 bits per heavy atom. The van der Waals surface area contributed by atoms with Gasteiger partial charge in [-0.05, 0) is 31.9 Å². The molecule has 0 radical (unpaired) electrons. The molecule has 0 aliphatic carbocycles. The lowest BCUT2D eigenvalue weighted by atomic mass is 10.1. The quantitative estimate of drug-likeness (QED) is 0.844. The summed E-state index contributed by atoms with van der Waals surface area (Å²) in [6, 6.07) is 6.81. The second-order valence-electron chi connectivity index (χ2n) is 4.44. The number of fused-ring (bicyclic) bond motifs is 1. The van der Waals surface area contributed by atoms with Crippen LogP contribution in [0.3, 0.4) is 0 Å². The first-order chi connectivity index (χ1) is 7.65. The van der Waals surface area contributed by atoms with Crippen molar-refractivity contribution in [3.05, 3.63) is 23.8 Å². The molecule has 1 aliphatic rings. The fourth-order valence-corrected chi connectivity index (χ4v) is 2.47. The molecular weight excluding hydrogens is 200 g/mol. The number of ether oxygens (including phenoxy) is 1. The van der Waals surface area contributed by atoms with Gasteiger partial charge in [0.1, 0.15) is 5.75 Å². The van der Waals surface area contributed by atoms with E-state index in [-0.39, 0.29) is 6.04 Å². The van der Waals surface area contributed by atoms with E-state index in [0.29, 0.717) is 12.6 Å². The van der Waals surface area contributed by atoms with E-state index in [9.17, 15) is 0 Å². The van der Waals surface area contributed by atoms with Crippen molar-refractivity contribution in [2.75, 3.05) is 18.6 Å². The van der Waals surface area contributed by atoms with Crippen molar-refractivity contribution in [1.29, 1.82) is 0 Å². The molecule has 0 fully saturated rings. The second kappa shape index (κ2) is 4.34. The smallest absolute Gasteiger partial charge is 0.142 e. The van der Waals surface area contributed by atoms with Crippen LogP contribution >= 0.6 is 0 Å². The summed E-state index contributed by atoms with van der Waals surface area (Å²) >= 11 is 0. The van der Waals surface area contributed by atoms with Gasteiger partial charge in [0.15, 0.2) is 0 Å². The number of anilines is 1. The SMILES string of the molecule is CCOc1cccc2c1N(C)C(C(C)N)C2. The van der Waals surface area contributed by atoms with E-state index in [1.54, 1.807) is 0 Å². The van der Waals surface area contributed by atoms with Gasteiger partial charge in [0.25, 0.3) is 0 Å². The van der Waals surface area contributed by atoms with Crippen LogP contribution in [-0.2, 0) is 6.42 Å². The van der Waals surface area contributed by atoms with E-state index in [0.717, 1.165) is 12.2 Å². The van der Waals surface area contributed by atoms with Gasteiger partial charge < -0.3 is 15.4 Å². The molecule has 1 aromatic rings. The maximum absolute atomic E-state index is 6.01. The largest absolute Gasteiger partial charge is 0.492 e. The lowest BCUT2D eigenvalue weighted by Crippen LogP contribution is -2.42. The van der Waals surface area contributed by atoms with Gasteiger partial charge in [-0.1, -0.05) is 12.1 Å². The molecule has 0 amide bonds. The highest BCUT2D eigenvalue weighted by atomic mass is 16.5. The molecule has 1 aliphatic heterocycles. The molecule has 2 rings (SSSR count). The summed E-state index contributed by atoms with van der Waals surface area (Å²) in [4.78, 5) is 2.25. The van der Waals surface area contributed by atoms with E-state index >= 15 is 0 Å². The summed E-state index contributed by atoms with van der Waals surface area (Å²) in [6.07, 6.45) is 1.02. The monoisotopic (exact) mass is 220 g/mol. The Hall–Kier alpha value is -1.22. The molecule has 88 valence electrons. The molecule has 0 saturated carbocycles. The van der Waals surface area contributed by atoms with Gasteiger partial charge in [-0.25, -0.2) is 0 Å². The number of nitrogens with two attached hydrogens (primary N) is 1. The van der Waals surface area contributed by atoms with Crippen molar-refractivity contribution < 1.29 is 4.74 Å².